The van der Waals surface area contributed by atoms with Crippen LogP contribution in [0.25, 0.3) is 0 Å². The topological polar surface area (TPSA) is 75.6 Å². The molecule has 1 rings (SSSR count). The van der Waals surface area contributed by atoms with Gasteiger partial charge in [0.1, 0.15) is 0 Å². The molecule has 2 amide bonds. The molecule has 5 heteroatoms. The predicted molar refractivity (Wildman–Crippen MR) is 36.4 cm³/mol. The normalized spacial score (nSPS) is 26.3. The SMILES string of the molecule is CCC1CN(N)C(=O)N1N. The second-order valence-corrected chi connectivity index (χ2v) is 2.40. The highest BCUT2D eigenvalue weighted by Crippen LogP contribution is 2.10. The Hall–Kier alpha value is -0.810. The molecule has 0 aliphatic carbocycles. The summed E-state index contributed by atoms with van der Waals surface area (Å²) >= 11 is 0. The van der Waals surface area contributed by atoms with Gasteiger partial charge in [-0.1, -0.05) is 6.92 Å². The van der Waals surface area contributed by atoms with Crippen molar-refractivity contribution in [2.45, 2.75) is 19.4 Å². The highest BCUT2D eigenvalue weighted by atomic mass is 16.2. The van der Waals surface area contributed by atoms with Gasteiger partial charge in [0.15, 0.2) is 0 Å². The molecule has 58 valence electrons. The molecule has 1 saturated heterocycles. The predicted octanol–water partition coefficient (Wildman–Crippen LogP) is -0.750. The van der Waals surface area contributed by atoms with Gasteiger partial charge in [-0.15, -0.1) is 0 Å². The third kappa shape index (κ3) is 0.932. The minimum absolute atomic E-state index is 0.0810. The van der Waals surface area contributed by atoms with Crippen LogP contribution in [-0.4, -0.2) is 28.6 Å². The van der Waals surface area contributed by atoms with Crippen molar-refractivity contribution in [2.24, 2.45) is 11.7 Å². The van der Waals surface area contributed by atoms with E-state index in [2.05, 4.69) is 0 Å². The molecule has 10 heavy (non-hydrogen) atoms. The fraction of sp³-hybridized carbons (Fsp3) is 0.800. The molecule has 0 bridgehead atoms. The molecule has 0 aromatic heterocycles. The molecule has 4 N–H and O–H groups in total. The average Bonchev–Trinajstić information content (AvgIpc) is 2.17. The molecule has 5 nitrogen and oxygen atoms in total. The first-order valence-electron chi connectivity index (χ1n) is 3.27. The Balaban J connectivity index is 2.61. The van der Waals surface area contributed by atoms with Gasteiger partial charge in [-0.25, -0.2) is 16.5 Å². The van der Waals surface area contributed by atoms with Crippen LogP contribution >= 0.6 is 0 Å². The lowest BCUT2D eigenvalue weighted by Gasteiger charge is -2.13. The molecule has 1 aliphatic heterocycles. The summed E-state index contributed by atoms with van der Waals surface area (Å²) in [6.45, 7) is 2.50. The third-order valence-corrected chi connectivity index (χ3v) is 1.74. The molecule has 0 saturated carbocycles. The molecule has 1 unspecified atom stereocenters. The standard InChI is InChI=1S/C5H12N4O/c1-2-4-3-8(6)5(10)9(4)7/h4H,2-3,6-7H2,1H3. The van der Waals surface area contributed by atoms with E-state index in [1.54, 1.807) is 0 Å². The van der Waals surface area contributed by atoms with Crippen LogP contribution in [0.15, 0.2) is 0 Å². The molecular weight excluding hydrogens is 132 g/mol. The summed E-state index contributed by atoms with van der Waals surface area (Å²) in [4.78, 5) is 10.9. The Kier molecular flexibility index (Phi) is 1.78. The quantitative estimate of drug-likeness (QED) is 0.375. The van der Waals surface area contributed by atoms with Crippen LogP contribution in [0.5, 0.6) is 0 Å². The number of rotatable bonds is 1. The molecule has 1 heterocycles. The van der Waals surface area contributed by atoms with Crippen molar-refractivity contribution >= 4 is 6.03 Å². The zero-order chi connectivity index (χ0) is 7.72. The summed E-state index contributed by atoms with van der Waals surface area (Å²) in [7, 11) is 0. The lowest BCUT2D eigenvalue weighted by Crippen LogP contribution is -2.41. The van der Waals surface area contributed by atoms with Crippen molar-refractivity contribution < 1.29 is 4.79 Å². The highest BCUT2D eigenvalue weighted by Gasteiger charge is 2.32. The summed E-state index contributed by atoms with van der Waals surface area (Å²) in [5.41, 5.74) is 0. The van der Waals surface area contributed by atoms with Crippen LogP contribution in [0.1, 0.15) is 13.3 Å². The number of nitrogens with zero attached hydrogens (tertiary/aromatic N) is 2. The van der Waals surface area contributed by atoms with Crippen LogP contribution in [-0.2, 0) is 0 Å². The molecule has 1 atom stereocenters. The number of hydrazine groups is 2. The molecule has 1 fully saturated rings. The number of hydrogen-bond donors (Lipinski definition) is 2. The first-order valence-corrected chi connectivity index (χ1v) is 3.27. The van der Waals surface area contributed by atoms with E-state index >= 15 is 0 Å². The van der Waals surface area contributed by atoms with E-state index in [-0.39, 0.29) is 12.1 Å². The Labute approximate surface area is 59.5 Å². The van der Waals surface area contributed by atoms with Gasteiger partial charge in [-0.2, -0.15) is 0 Å². The molecular formula is C5H12N4O. The number of carbonyl (C=O) groups excluding carboxylic acids is 1. The molecule has 0 spiro atoms. The van der Waals surface area contributed by atoms with Crippen molar-refractivity contribution in [3.05, 3.63) is 0 Å². The average molecular weight is 144 g/mol. The highest BCUT2D eigenvalue weighted by molar-refractivity contribution is 5.75. The van der Waals surface area contributed by atoms with Gasteiger partial charge in [0.25, 0.3) is 0 Å². The van der Waals surface area contributed by atoms with E-state index in [0.29, 0.717) is 6.54 Å². The van der Waals surface area contributed by atoms with Crippen molar-refractivity contribution in [3.63, 3.8) is 0 Å². The van der Waals surface area contributed by atoms with Crippen molar-refractivity contribution in [1.29, 1.82) is 0 Å². The molecule has 0 aromatic carbocycles. The summed E-state index contributed by atoms with van der Waals surface area (Å²) < 4.78 is 0. The number of urea groups is 1. The second-order valence-electron chi connectivity index (χ2n) is 2.40. The Morgan fingerprint density at radius 3 is 2.50 bits per heavy atom. The number of carbonyl (C=O) groups is 1. The van der Waals surface area contributed by atoms with Crippen LogP contribution in [0.3, 0.4) is 0 Å². The van der Waals surface area contributed by atoms with Gasteiger partial charge in [-0.3, -0.25) is 10.0 Å². The van der Waals surface area contributed by atoms with E-state index in [0.717, 1.165) is 11.4 Å². The number of amides is 2. The lowest BCUT2D eigenvalue weighted by atomic mass is 10.2. The smallest absolute Gasteiger partial charge is 0.259 e. The van der Waals surface area contributed by atoms with Crippen molar-refractivity contribution in [2.75, 3.05) is 6.54 Å². The number of nitrogens with two attached hydrogens (primary N) is 2. The molecule has 0 aromatic rings. The fourth-order valence-corrected chi connectivity index (χ4v) is 1.02. The molecule has 1 aliphatic rings. The molecule has 0 radical (unpaired) electrons. The minimum atomic E-state index is -0.299. The van der Waals surface area contributed by atoms with Crippen LogP contribution < -0.4 is 11.7 Å². The summed E-state index contributed by atoms with van der Waals surface area (Å²) in [6, 6.07) is -0.218. The summed E-state index contributed by atoms with van der Waals surface area (Å²) in [6.07, 6.45) is 0.843. The van der Waals surface area contributed by atoms with Crippen molar-refractivity contribution in [1.82, 2.24) is 10.0 Å². The van der Waals surface area contributed by atoms with Crippen molar-refractivity contribution in [3.8, 4) is 0 Å². The van der Waals surface area contributed by atoms with Gasteiger partial charge in [-0.05, 0) is 6.42 Å². The monoisotopic (exact) mass is 144 g/mol. The van der Waals surface area contributed by atoms with E-state index in [1.807, 2.05) is 6.92 Å². The Morgan fingerprint density at radius 2 is 2.30 bits per heavy atom. The van der Waals surface area contributed by atoms with Gasteiger partial charge >= 0.3 is 6.03 Å². The maximum Gasteiger partial charge on any atom is 0.348 e. The van der Waals surface area contributed by atoms with E-state index < -0.39 is 0 Å². The maximum atomic E-state index is 10.9. The van der Waals surface area contributed by atoms with Crippen LogP contribution in [0.2, 0.25) is 0 Å². The zero-order valence-corrected chi connectivity index (χ0v) is 5.95. The van der Waals surface area contributed by atoms with Gasteiger partial charge < -0.3 is 0 Å². The van der Waals surface area contributed by atoms with Crippen LogP contribution in [0.4, 0.5) is 4.79 Å². The summed E-state index contributed by atoms with van der Waals surface area (Å²) in [5.74, 6) is 10.7. The number of hydrogen-bond acceptors (Lipinski definition) is 3. The van der Waals surface area contributed by atoms with E-state index in [9.17, 15) is 4.79 Å². The lowest BCUT2D eigenvalue weighted by molar-refractivity contribution is 0.187. The largest absolute Gasteiger partial charge is 0.348 e. The van der Waals surface area contributed by atoms with E-state index in [1.165, 1.54) is 5.01 Å². The van der Waals surface area contributed by atoms with Gasteiger partial charge in [0.05, 0.1) is 12.6 Å². The van der Waals surface area contributed by atoms with E-state index in [4.69, 9.17) is 11.7 Å². The third-order valence-electron chi connectivity index (χ3n) is 1.74. The van der Waals surface area contributed by atoms with Crippen LogP contribution in [0, 0.1) is 0 Å². The first-order chi connectivity index (χ1) is 4.66. The Morgan fingerprint density at radius 1 is 1.70 bits per heavy atom. The zero-order valence-electron chi connectivity index (χ0n) is 5.95. The maximum absolute atomic E-state index is 10.9. The second kappa shape index (κ2) is 2.43. The fourth-order valence-electron chi connectivity index (χ4n) is 1.02. The minimum Gasteiger partial charge on any atom is -0.259 e. The van der Waals surface area contributed by atoms with Gasteiger partial charge in [0.2, 0.25) is 0 Å². The first kappa shape index (κ1) is 7.30. The Bertz CT molecular complexity index is 149. The van der Waals surface area contributed by atoms with Gasteiger partial charge in [0, 0.05) is 0 Å². The summed E-state index contributed by atoms with van der Waals surface area (Å²) in [5, 5.41) is 2.31.